The van der Waals surface area contributed by atoms with Crippen molar-refractivity contribution in [2.24, 2.45) is 0 Å². The molecule has 0 radical (unpaired) electrons. The molecule has 0 aliphatic carbocycles. The summed E-state index contributed by atoms with van der Waals surface area (Å²) in [6.07, 6.45) is -3.85. The maximum absolute atomic E-state index is 12.4. The molecule has 0 amide bonds. The fourth-order valence-corrected chi connectivity index (χ4v) is 3.94. The van der Waals surface area contributed by atoms with Crippen molar-refractivity contribution in [1.82, 2.24) is 4.90 Å². The fraction of sp³-hybridized carbons (Fsp3) is 0.240. The SMILES string of the molecule is O=Cc1ccc(N2CCN(Cc3ccccc3-c3ccc(OC(F)(F)F)cc3)CC2)cc1. The van der Waals surface area contributed by atoms with E-state index in [1.165, 1.54) is 12.1 Å². The Kier molecular flexibility index (Phi) is 6.46. The Hall–Kier alpha value is -3.32. The monoisotopic (exact) mass is 440 g/mol. The van der Waals surface area contributed by atoms with Gasteiger partial charge in [-0.05, 0) is 53.1 Å². The highest BCUT2D eigenvalue weighted by Crippen LogP contribution is 2.29. The van der Waals surface area contributed by atoms with Gasteiger partial charge in [-0.3, -0.25) is 9.69 Å². The number of hydrogen-bond donors (Lipinski definition) is 0. The number of hydrogen-bond acceptors (Lipinski definition) is 4. The molecule has 1 fully saturated rings. The maximum atomic E-state index is 12.4. The molecule has 4 nitrogen and oxygen atoms in total. The van der Waals surface area contributed by atoms with Crippen LogP contribution in [-0.4, -0.2) is 43.7 Å². The number of halogens is 3. The summed E-state index contributed by atoms with van der Waals surface area (Å²) in [4.78, 5) is 15.5. The van der Waals surface area contributed by atoms with Crippen LogP contribution in [0.2, 0.25) is 0 Å². The topological polar surface area (TPSA) is 32.8 Å². The number of piperazine rings is 1. The van der Waals surface area contributed by atoms with Crippen molar-refractivity contribution in [3.05, 3.63) is 83.9 Å². The number of benzene rings is 3. The van der Waals surface area contributed by atoms with E-state index in [0.717, 1.165) is 61.4 Å². The van der Waals surface area contributed by atoms with E-state index < -0.39 is 6.36 Å². The van der Waals surface area contributed by atoms with Crippen molar-refractivity contribution in [2.75, 3.05) is 31.1 Å². The summed E-state index contributed by atoms with van der Waals surface area (Å²) in [6.45, 7) is 4.30. The molecule has 1 aliphatic heterocycles. The van der Waals surface area contributed by atoms with Crippen LogP contribution >= 0.6 is 0 Å². The molecule has 4 rings (SSSR count). The van der Waals surface area contributed by atoms with Gasteiger partial charge in [0.2, 0.25) is 0 Å². The van der Waals surface area contributed by atoms with Gasteiger partial charge in [-0.1, -0.05) is 36.4 Å². The van der Waals surface area contributed by atoms with Crippen LogP contribution in [0.5, 0.6) is 5.75 Å². The van der Waals surface area contributed by atoms with Crippen molar-refractivity contribution >= 4 is 12.0 Å². The zero-order valence-electron chi connectivity index (χ0n) is 17.4. The summed E-state index contributed by atoms with van der Waals surface area (Å²) in [5.41, 5.74) is 4.75. The highest BCUT2D eigenvalue weighted by atomic mass is 19.4. The summed E-state index contributed by atoms with van der Waals surface area (Å²) in [7, 11) is 0. The smallest absolute Gasteiger partial charge is 0.406 e. The first-order valence-electron chi connectivity index (χ1n) is 10.4. The first kappa shape index (κ1) is 21.9. The quantitative estimate of drug-likeness (QED) is 0.482. The molecule has 0 aromatic heterocycles. The number of anilines is 1. The molecule has 0 N–H and O–H groups in total. The Balaban J connectivity index is 1.41. The average Bonchev–Trinajstić information content (AvgIpc) is 2.80. The lowest BCUT2D eigenvalue weighted by Gasteiger charge is -2.36. The number of nitrogens with zero attached hydrogens (tertiary/aromatic N) is 2. The van der Waals surface area contributed by atoms with Crippen LogP contribution in [0.15, 0.2) is 72.8 Å². The van der Waals surface area contributed by atoms with Crippen molar-refractivity contribution in [3.8, 4) is 16.9 Å². The number of rotatable bonds is 6. The Morgan fingerprint density at radius 2 is 1.50 bits per heavy atom. The minimum absolute atomic E-state index is 0.226. The molecule has 0 unspecified atom stereocenters. The zero-order valence-corrected chi connectivity index (χ0v) is 17.4. The molecule has 0 atom stereocenters. The lowest BCUT2D eigenvalue weighted by atomic mass is 9.99. The molecule has 1 aliphatic rings. The Labute approximate surface area is 184 Å². The van der Waals surface area contributed by atoms with Gasteiger partial charge in [-0.25, -0.2) is 0 Å². The first-order chi connectivity index (χ1) is 15.4. The first-order valence-corrected chi connectivity index (χ1v) is 10.4. The van der Waals surface area contributed by atoms with E-state index >= 15 is 0 Å². The number of carbonyl (C=O) groups excluding carboxylic acids is 1. The normalized spacial score (nSPS) is 14.9. The molecule has 1 heterocycles. The molecule has 0 bridgehead atoms. The van der Waals surface area contributed by atoms with Crippen molar-refractivity contribution < 1.29 is 22.7 Å². The highest BCUT2D eigenvalue weighted by Gasteiger charge is 2.31. The standard InChI is InChI=1S/C25H23F3N2O2/c26-25(27,28)32-23-11-7-20(8-12-23)24-4-2-1-3-21(24)17-29-13-15-30(16-14-29)22-9-5-19(18-31)6-10-22/h1-12,18H,13-17H2. The predicted octanol–water partition coefficient (Wildman–Crippen LogP) is 5.39. The predicted molar refractivity (Wildman–Crippen MR) is 118 cm³/mol. The summed E-state index contributed by atoms with van der Waals surface area (Å²) < 4.78 is 41.2. The van der Waals surface area contributed by atoms with Crippen LogP contribution in [0.25, 0.3) is 11.1 Å². The molecule has 7 heteroatoms. The second kappa shape index (κ2) is 9.44. The lowest BCUT2D eigenvalue weighted by molar-refractivity contribution is -0.274. The van der Waals surface area contributed by atoms with E-state index in [-0.39, 0.29) is 5.75 Å². The molecule has 1 saturated heterocycles. The minimum Gasteiger partial charge on any atom is -0.406 e. The van der Waals surface area contributed by atoms with Crippen LogP contribution in [0.1, 0.15) is 15.9 Å². The van der Waals surface area contributed by atoms with Gasteiger partial charge in [-0.15, -0.1) is 13.2 Å². The number of carbonyl (C=O) groups is 1. The fourth-order valence-electron chi connectivity index (χ4n) is 3.94. The number of ether oxygens (including phenoxy) is 1. The molecule has 166 valence electrons. The van der Waals surface area contributed by atoms with E-state index in [9.17, 15) is 18.0 Å². The molecule has 0 saturated carbocycles. The molecular formula is C25H23F3N2O2. The third-order valence-electron chi connectivity index (χ3n) is 5.58. The molecular weight excluding hydrogens is 417 g/mol. The second-order valence-corrected chi connectivity index (χ2v) is 7.70. The van der Waals surface area contributed by atoms with Crippen LogP contribution in [0.4, 0.5) is 18.9 Å². The minimum atomic E-state index is -4.70. The van der Waals surface area contributed by atoms with Gasteiger partial charge in [-0.2, -0.15) is 0 Å². The zero-order chi connectivity index (χ0) is 22.6. The Morgan fingerprint density at radius 3 is 2.12 bits per heavy atom. The average molecular weight is 440 g/mol. The summed E-state index contributed by atoms with van der Waals surface area (Å²) in [6, 6.07) is 21.5. The maximum Gasteiger partial charge on any atom is 0.573 e. The van der Waals surface area contributed by atoms with Gasteiger partial charge < -0.3 is 9.64 Å². The third kappa shape index (κ3) is 5.48. The summed E-state index contributed by atoms with van der Waals surface area (Å²) in [5, 5.41) is 0. The van der Waals surface area contributed by atoms with E-state index in [1.54, 1.807) is 12.1 Å². The highest BCUT2D eigenvalue weighted by molar-refractivity contribution is 5.75. The number of aldehydes is 1. The van der Waals surface area contributed by atoms with Crippen molar-refractivity contribution in [3.63, 3.8) is 0 Å². The van der Waals surface area contributed by atoms with Crippen LogP contribution < -0.4 is 9.64 Å². The van der Waals surface area contributed by atoms with Gasteiger partial charge in [0.05, 0.1) is 0 Å². The molecule has 3 aromatic rings. The van der Waals surface area contributed by atoms with Crippen molar-refractivity contribution in [2.45, 2.75) is 12.9 Å². The Morgan fingerprint density at radius 1 is 0.844 bits per heavy atom. The third-order valence-corrected chi connectivity index (χ3v) is 5.58. The van der Waals surface area contributed by atoms with E-state index in [4.69, 9.17) is 0 Å². The van der Waals surface area contributed by atoms with Gasteiger partial charge in [0, 0.05) is 44.0 Å². The molecule has 32 heavy (non-hydrogen) atoms. The molecule has 3 aromatic carbocycles. The lowest BCUT2D eigenvalue weighted by Crippen LogP contribution is -2.46. The van der Waals surface area contributed by atoms with Gasteiger partial charge >= 0.3 is 6.36 Å². The van der Waals surface area contributed by atoms with Gasteiger partial charge in [0.25, 0.3) is 0 Å². The van der Waals surface area contributed by atoms with Crippen LogP contribution in [0, 0.1) is 0 Å². The Bertz CT molecular complexity index is 1040. The van der Waals surface area contributed by atoms with E-state index in [2.05, 4.69) is 20.6 Å². The van der Waals surface area contributed by atoms with Gasteiger partial charge in [0.1, 0.15) is 12.0 Å². The van der Waals surface area contributed by atoms with Crippen molar-refractivity contribution in [1.29, 1.82) is 0 Å². The summed E-state index contributed by atoms with van der Waals surface area (Å²) >= 11 is 0. The second-order valence-electron chi connectivity index (χ2n) is 7.70. The largest absolute Gasteiger partial charge is 0.573 e. The van der Waals surface area contributed by atoms with Crippen LogP contribution in [-0.2, 0) is 6.54 Å². The molecule has 0 spiro atoms. The van der Waals surface area contributed by atoms with E-state index in [1.807, 2.05) is 42.5 Å². The summed E-state index contributed by atoms with van der Waals surface area (Å²) in [5.74, 6) is -0.226. The van der Waals surface area contributed by atoms with Crippen LogP contribution in [0.3, 0.4) is 0 Å². The number of alkyl halides is 3. The van der Waals surface area contributed by atoms with Gasteiger partial charge in [0.15, 0.2) is 0 Å². The van der Waals surface area contributed by atoms with E-state index in [0.29, 0.717) is 5.56 Å².